The molecule has 1 N–H and O–H groups in total. The zero-order valence-corrected chi connectivity index (χ0v) is 20.6. The molecule has 0 spiro atoms. The molecule has 3 heterocycles. The van der Waals surface area contributed by atoms with Gasteiger partial charge in [-0.15, -0.1) is 0 Å². The lowest BCUT2D eigenvalue weighted by molar-refractivity contribution is -0.148. The number of hydrogen-bond donors (Lipinski definition) is 1. The van der Waals surface area contributed by atoms with Crippen molar-refractivity contribution in [3.05, 3.63) is 31.9 Å². The molecule has 3 rings (SSSR count). The summed E-state index contributed by atoms with van der Waals surface area (Å²) < 4.78 is 6.63. The lowest BCUT2D eigenvalue weighted by Crippen LogP contribution is -2.40. The van der Waals surface area contributed by atoms with Crippen LogP contribution < -0.4 is 10.5 Å². The van der Waals surface area contributed by atoms with Gasteiger partial charge in [-0.05, 0) is 38.3 Å². The van der Waals surface area contributed by atoms with E-state index < -0.39 is 24.0 Å². The lowest BCUT2D eigenvalue weighted by atomic mass is 9.95. The number of ether oxygens (including phenoxy) is 1. The third kappa shape index (κ3) is 4.85. The Labute approximate surface area is 205 Å². The molecule has 0 aliphatic carbocycles. The Morgan fingerprint density at radius 2 is 1.97 bits per heavy atom. The van der Waals surface area contributed by atoms with E-state index in [1.165, 1.54) is 4.57 Å². The number of aromatic nitrogens is 1. The number of aliphatic carboxylic acids is 1. The minimum Gasteiger partial charge on any atom is -0.480 e. The molecule has 34 heavy (non-hydrogen) atoms. The molecule has 2 aliphatic rings. The Bertz CT molecular complexity index is 1190. The molecule has 0 atom stereocenters. The third-order valence-corrected chi connectivity index (χ3v) is 7.20. The Morgan fingerprint density at radius 1 is 1.32 bits per heavy atom. The van der Waals surface area contributed by atoms with Gasteiger partial charge in [0.05, 0.1) is 17.4 Å². The van der Waals surface area contributed by atoms with Crippen molar-refractivity contribution >= 4 is 58.0 Å². The average Bonchev–Trinajstić information content (AvgIpc) is 3.05. The van der Waals surface area contributed by atoms with Gasteiger partial charge in [-0.1, -0.05) is 24.0 Å². The van der Waals surface area contributed by atoms with Gasteiger partial charge in [0.1, 0.15) is 28.3 Å². The summed E-state index contributed by atoms with van der Waals surface area (Å²) in [5.41, 5.74) is 0.415. The molecular weight excluding hydrogens is 480 g/mol. The summed E-state index contributed by atoms with van der Waals surface area (Å²) in [7, 11) is 1.56. The Balaban J connectivity index is 2.05. The first-order chi connectivity index (χ1) is 16.1. The fraction of sp³-hybridized carbons (Fsp3) is 0.455. The summed E-state index contributed by atoms with van der Waals surface area (Å²) in [6.07, 6.45) is 2.63. The van der Waals surface area contributed by atoms with Gasteiger partial charge in [-0.25, -0.2) is 0 Å². The van der Waals surface area contributed by atoms with Crippen molar-refractivity contribution in [3.63, 3.8) is 0 Å². The number of pyridine rings is 1. The minimum atomic E-state index is -1.19. The number of esters is 1. The first-order valence-corrected chi connectivity index (χ1v) is 11.9. The molecular formula is C22H24N4O6S2. The highest BCUT2D eigenvalue weighted by Crippen LogP contribution is 2.36. The van der Waals surface area contributed by atoms with E-state index in [1.807, 2.05) is 11.0 Å². The number of carbonyl (C=O) groups is 3. The fourth-order valence-corrected chi connectivity index (χ4v) is 5.32. The van der Waals surface area contributed by atoms with E-state index in [1.54, 1.807) is 27.0 Å². The molecule has 0 radical (unpaired) electrons. The molecule has 10 nitrogen and oxygen atoms in total. The quantitative estimate of drug-likeness (QED) is 0.346. The maximum absolute atomic E-state index is 12.9. The summed E-state index contributed by atoms with van der Waals surface area (Å²) in [5, 5.41) is 18.7. The van der Waals surface area contributed by atoms with Gasteiger partial charge in [-0.2, -0.15) is 5.26 Å². The van der Waals surface area contributed by atoms with Crippen LogP contribution in [0.25, 0.3) is 6.08 Å². The molecule has 2 saturated heterocycles. The van der Waals surface area contributed by atoms with Crippen LogP contribution in [0, 0.1) is 24.2 Å². The molecule has 12 heteroatoms. The maximum Gasteiger partial charge on any atom is 0.323 e. The first-order valence-electron chi connectivity index (χ1n) is 10.6. The summed E-state index contributed by atoms with van der Waals surface area (Å²) in [6, 6.07) is 1.94. The number of hydrogen-bond acceptors (Lipinski definition) is 9. The Morgan fingerprint density at radius 3 is 2.53 bits per heavy atom. The molecule has 2 fully saturated rings. The summed E-state index contributed by atoms with van der Waals surface area (Å²) in [5.74, 6) is -1.69. The molecule has 1 aromatic rings. The number of carbonyl (C=O) groups excluding carboxylic acids is 2. The van der Waals surface area contributed by atoms with Crippen molar-refractivity contribution in [2.75, 3.05) is 31.1 Å². The summed E-state index contributed by atoms with van der Waals surface area (Å²) >= 11 is 6.15. The van der Waals surface area contributed by atoms with Crippen LogP contribution in [0.3, 0.4) is 0 Å². The van der Waals surface area contributed by atoms with Gasteiger partial charge in [0.15, 0.2) is 0 Å². The van der Waals surface area contributed by atoms with Crippen molar-refractivity contribution < 1.29 is 24.2 Å². The van der Waals surface area contributed by atoms with Crippen molar-refractivity contribution in [2.45, 2.75) is 26.7 Å². The molecule has 180 valence electrons. The minimum absolute atomic E-state index is 0.0417. The van der Waals surface area contributed by atoms with E-state index in [-0.39, 0.29) is 26.7 Å². The SMILES string of the molecule is CCOC(=O)C1CCN(c2c(/C=C3\SC(=S)N(CC(=O)O)C3=O)c(C)c(C#N)c(=O)n2C)CC1. The van der Waals surface area contributed by atoms with Gasteiger partial charge >= 0.3 is 11.9 Å². The van der Waals surface area contributed by atoms with Crippen LogP contribution >= 0.6 is 24.0 Å². The van der Waals surface area contributed by atoms with Gasteiger partial charge in [-0.3, -0.25) is 28.6 Å². The largest absolute Gasteiger partial charge is 0.480 e. The Hall–Kier alpha value is -3.17. The van der Waals surface area contributed by atoms with Crippen LogP contribution in [0.2, 0.25) is 0 Å². The van der Waals surface area contributed by atoms with Crippen LogP contribution in [0.15, 0.2) is 9.70 Å². The number of carboxylic acids is 1. The molecule has 2 aliphatic heterocycles. The number of nitriles is 1. The number of amides is 1. The van der Waals surface area contributed by atoms with Gasteiger partial charge < -0.3 is 14.7 Å². The third-order valence-electron chi connectivity index (χ3n) is 5.82. The Kier molecular flexibility index (Phi) is 7.78. The van der Waals surface area contributed by atoms with Gasteiger partial charge in [0.25, 0.3) is 11.5 Å². The number of nitrogens with zero attached hydrogens (tertiary/aromatic N) is 4. The fourth-order valence-electron chi connectivity index (χ4n) is 4.08. The highest BCUT2D eigenvalue weighted by atomic mass is 32.2. The highest BCUT2D eigenvalue weighted by molar-refractivity contribution is 8.26. The van der Waals surface area contributed by atoms with Crippen LogP contribution in [0.4, 0.5) is 5.82 Å². The van der Waals surface area contributed by atoms with Crippen LogP contribution in [0.1, 0.15) is 36.5 Å². The first kappa shape index (κ1) is 25.5. The van der Waals surface area contributed by atoms with Crippen molar-refractivity contribution in [1.82, 2.24) is 9.47 Å². The molecule has 0 saturated carbocycles. The molecule has 0 bridgehead atoms. The lowest BCUT2D eigenvalue weighted by Gasteiger charge is -2.35. The predicted molar refractivity (Wildman–Crippen MR) is 130 cm³/mol. The van der Waals surface area contributed by atoms with E-state index in [9.17, 15) is 24.4 Å². The van der Waals surface area contributed by atoms with E-state index in [0.717, 1.165) is 16.7 Å². The standard InChI is InChI=1S/C22H24N4O6S2/c1-4-32-21(31)13-5-7-25(8-6-13)18-14(12(2)15(10-23)19(29)24(18)3)9-16-20(30)26(11-17(27)28)22(33)34-16/h9,13H,4-8,11H2,1-3H3,(H,27,28)/b16-9-. The van der Waals surface area contributed by atoms with Gasteiger partial charge in [0.2, 0.25) is 0 Å². The number of thiocarbonyl (C=S) groups is 1. The second-order valence-electron chi connectivity index (χ2n) is 7.89. The second kappa shape index (κ2) is 10.4. The monoisotopic (exact) mass is 504 g/mol. The average molecular weight is 505 g/mol. The number of rotatable bonds is 6. The predicted octanol–water partition coefficient (Wildman–Crippen LogP) is 1.63. The highest BCUT2D eigenvalue weighted by Gasteiger charge is 2.35. The van der Waals surface area contributed by atoms with E-state index >= 15 is 0 Å². The summed E-state index contributed by atoms with van der Waals surface area (Å²) in [4.78, 5) is 52.1. The van der Waals surface area contributed by atoms with Crippen molar-refractivity contribution in [3.8, 4) is 6.07 Å². The zero-order chi connectivity index (χ0) is 25.2. The zero-order valence-electron chi connectivity index (χ0n) is 19.0. The van der Waals surface area contributed by atoms with E-state index in [0.29, 0.717) is 49.5 Å². The topological polar surface area (TPSA) is 133 Å². The van der Waals surface area contributed by atoms with Crippen molar-refractivity contribution in [1.29, 1.82) is 5.26 Å². The van der Waals surface area contributed by atoms with Crippen LogP contribution in [-0.2, 0) is 26.2 Å². The number of piperidine rings is 1. The number of thioether (sulfide) groups is 1. The van der Waals surface area contributed by atoms with Crippen LogP contribution in [0.5, 0.6) is 0 Å². The second-order valence-corrected chi connectivity index (χ2v) is 9.56. The van der Waals surface area contributed by atoms with Gasteiger partial charge in [0, 0.05) is 25.7 Å². The smallest absolute Gasteiger partial charge is 0.323 e. The number of carboxylic acid groups (broad SMARTS) is 1. The van der Waals surface area contributed by atoms with E-state index in [2.05, 4.69) is 0 Å². The normalized spacial score (nSPS) is 17.9. The summed E-state index contributed by atoms with van der Waals surface area (Å²) in [6.45, 7) is 4.11. The molecule has 0 aromatic carbocycles. The molecule has 1 amide bonds. The maximum atomic E-state index is 12.9. The molecule has 1 aromatic heterocycles. The molecule has 0 unspecified atom stereocenters. The van der Waals surface area contributed by atoms with E-state index in [4.69, 9.17) is 22.1 Å². The number of anilines is 1. The van der Waals surface area contributed by atoms with Crippen LogP contribution in [-0.4, -0.2) is 63.0 Å². The van der Waals surface area contributed by atoms with Crippen molar-refractivity contribution in [2.24, 2.45) is 13.0 Å².